The van der Waals surface area contributed by atoms with Crippen molar-refractivity contribution in [2.75, 3.05) is 12.4 Å². The first-order valence-corrected chi connectivity index (χ1v) is 9.65. The number of hydrogen-bond donors (Lipinski definition) is 9. The third-order valence-corrected chi connectivity index (χ3v) is 4.38. The molecule has 0 aliphatic heterocycles. The molecule has 0 aliphatic rings. The van der Waals surface area contributed by atoms with Crippen LogP contribution < -0.4 is 33.2 Å². The van der Waals surface area contributed by atoms with Gasteiger partial charge in [0.25, 0.3) is 0 Å². The van der Waals surface area contributed by atoms with Gasteiger partial charge >= 0.3 is 0 Å². The van der Waals surface area contributed by atoms with Gasteiger partial charge in [0.05, 0.1) is 31.1 Å². The van der Waals surface area contributed by atoms with Gasteiger partial charge in [0.2, 0.25) is 29.5 Å². The van der Waals surface area contributed by atoms with Gasteiger partial charge in [-0.2, -0.15) is 12.6 Å². The molecule has 5 amide bonds. The van der Waals surface area contributed by atoms with Crippen LogP contribution in [0.3, 0.4) is 0 Å². The summed E-state index contributed by atoms with van der Waals surface area (Å²) in [6, 6.07) is -5.10. The molecule has 4 atom stereocenters. The predicted molar refractivity (Wildman–Crippen MR) is 110 cm³/mol. The zero-order chi connectivity index (χ0) is 23.6. The van der Waals surface area contributed by atoms with E-state index >= 15 is 0 Å². The maximum Gasteiger partial charge on any atom is 0.245 e. The Balaban J connectivity index is 2.70. The average Bonchev–Trinajstić information content (AvgIpc) is 3.21. The van der Waals surface area contributed by atoms with E-state index < -0.39 is 66.7 Å². The van der Waals surface area contributed by atoms with Crippen molar-refractivity contribution in [1.29, 1.82) is 0 Å². The number of thiol groups is 1. The highest BCUT2D eigenvalue weighted by molar-refractivity contribution is 7.80. The van der Waals surface area contributed by atoms with E-state index in [0.29, 0.717) is 5.69 Å². The SMILES string of the molecule is NC(=O)C[C@H](NC(=O)[C@H](CS)NC(=O)[C@H](CO)NC(=O)C(N)Cc1c[nH]cn1)C(N)=O. The van der Waals surface area contributed by atoms with Crippen molar-refractivity contribution in [3.05, 3.63) is 18.2 Å². The minimum Gasteiger partial charge on any atom is -0.394 e. The maximum atomic E-state index is 12.4. The van der Waals surface area contributed by atoms with Crippen molar-refractivity contribution in [2.24, 2.45) is 17.2 Å². The van der Waals surface area contributed by atoms with Gasteiger partial charge in [0.15, 0.2) is 0 Å². The van der Waals surface area contributed by atoms with Crippen LogP contribution in [0.5, 0.6) is 0 Å². The van der Waals surface area contributed by atoms with Gasteiger partial charge in [0.1, 0.15) is 18.1 Å². The molecule has 15 heteroatoms. The van der Waals surface area contributed by atoms with Crippen molar-refractivity contribution in [2.45, 2.75) is 37.0 Å². The molecule has 0 aliphatic carbocycles. The molecule has 0 fully saturated rings. The van der Waals surface area contributed by atoms with E-state index in [-0.39, 0.29) is 12.2 Å². The Morgan fingerprint density at radius 1 is 1.03 bits per heavy atom. The second-order valence-corrected chi connectivity index (χ2v) is 6.86. The highest BCUT2D eigenvalue weighted by atomic mass is 32.1. The molecule has 11 N–H and O–H groups in total. The number of carbonyl (C=O) groups excluding carboxylic acids is 5. The Morgan fingerprint density at radius 2 is 1.61 bits per heavy atom. The number of nitrogens with zero attached hydrogens (tertiary/aromatic N) is 1. The molecule has 1 unspecified atom stereocenters. The summed E-state index contributed by atoms with van der Waals surface area (Å²) in [5.41, 5.74) is 16.4. The topological polar surface area (TPSA) is 248 Å². The van der Waals surface area contributed by atoms with Crippen molar-refractivity contribution in [3.8, 4) is 0 Å². The summed E-state index contributed by atoms with van der Waals surface area (Å²) in [6.45, 7) is -0.779. The zero-order valence-electron chi connectivity index (χ0n) is 16.4. The smallest absolute Gasteiger partial charge is 0.245 e. The molecule has 1 rings (SSSR count). The average molecular weight is 459 g/mol. The Morgan fingerprint density at radius 3 is 2.10 bits per heavy atom. The van der Waals surface area contributed by atoms with E-state index in [0.717, 1.165) is 0 Å². The third kappa shape index (κ3) is 8.61. The largest absolute Gasteiger partial charge is 0.394 e. The molecule has 0 radical (unpaired) electrons. The Hall–Kier alpha value is -3.17. The fraction of sp³-hybridized carbons (Fsp3) is 0.500. The van der Waals surface area contributed by atoms with E-state index in [2.05, 4.69) is 38.5 Å². The molecule has 172 valence electrons. The van der Waals surface area contributed by atoms with Crippen molar-refractivity contribution < 1.29 is 29.1 Å². The monoisotopic (exact) mass is 458 g/mol. The number of aliphatic hydroxyl groups excluding tert-OH is 1. The lowest BCUT2D eigenvalue weighted by Gasteiger charge is -2.23. The molecule has 0 bridgehead atoms. The number of nitrogens with one attached hydrogen (secondary N) is 4. The number of rotatable bonds is 13. The number of hydrogen-bond acceptors (Lipinski definition) is 9. The maximum absolute atomic E-state index is 12.4. The summed E-state index contributed by atoms with van der Waals surface area (Å²) in [7, 11) is 0. The normalized spacial score (nSPS) is 14.5. The summed E-state index contributed by atoms with van der Waals surface area (Å²) in [4.78, 5) is 65.9. The van der Waals surface area contributed by atoms with Gasteiger partial charge in [-0.1, -0.05) is 0 Å². The number of carbonyl (C=O) groups is 5. The van der Waals surface area contributed by atoms with Crippen molar-refractivity contribution >= 4 is 42.2 Å². The Kier molecular flexibility index (Phi) is 10.4. The first-order chi connectivity index (χ1) is 14.6. The molecule has 0 saturated heterocycles. The highest BCUT2D eigenvalue weighted by Crippen LogP contribution is 1.99. The number of amides is 5. The standard InChI is InChI=1S/C16H26N8O6S/c17-8(1-7-3-20-6-21-7)14(28)23-10(4-25)15(29)24-11(5-31)16(30)22-9(13(19)27)2-12(18)26/h3,6,8-11,25,31H,1-2,4-5,17H2,(H2,18,26)(H2,19,27)(H,20,21)(H,22,30)(H,23,28)(H,24,29)/t8?,9-,10-,11-/m0/s1. The van der Waals surface area contributed by atoms with Crippen LogP contribution in [-0.2, 0) is 30.4 Å². The second kappa shape index (κ2) is 12.5. The van der Waals surface area contributed by atoms with Gasteiger partial charge in [-0.25, -0.2) is 4.98 Å². The molecule has 1 heterocycles. The molecule has 31 heavy (non-hydrogen) atoms. The van der Waals surface area contributed by atoms with Gasteiger partial charge in [-0.3, -0.25) is 24.0 Å². The summed E-state index contributed by atoms with van der Waals surface area (Å²) < 4.78 is 0. The number of imidazole rings is 1. The molecule has 0 aromatic carbocycles. The lowest BCUT2D eigenvalue weighted by Crippen LogP contribution is -2.59. The van der Waals surface area contributed by atoms with Crippen LogP contribution in [0.25, 0.3) is 0 Å². The number of aromatic nitrogens is 2. The van der Waals surface area contributed by atoms with Crippen LogP contribution in [0.15, 0.2) is 12.5 Å². The van der Waals surface area contributed by atoms with Crippen molar-refractivity contribution in [3.63, 3.8) is 0 Å². The molecular formula is C16H26N8O6S. The van der Waals surface area contributed by atoms with Gasteiger partial charge in [0, 0.05) is 18.4 Å². The predicted octanol–water partition coefficient (Wildman–Crippen LogP) is -4.98. The molecule has 14 nitrogen and oxygen atoms in total. The number of nitrogens with two attached hydrogens (primary N) is 3. The van der Waals surface area contributed by atoms with E-state index in [4.69, 9.17) is 17.2 Å². The van der Waals surface area contributed by atoms with Crippen LogP contribution in [-0.4, -0.2) is 81.1 Å². The number of primary amides is 2. The van der Waals surface area contributed by atoms with Crippen molar-refractivity contribution in [1.82, 2.24) is 25.9 Å². The van der Waals surface area contributed by atoms with E-state index in [9.17, 15) is 29.1 Å². The van der Waals surface area contributed by atoms with E-state index in [1.165, 1.54) is 6.33 Å². The fourth-order valence-corrected chi connectivity index (χ4v) is 2.61. The summed E-state index contributed by atoms with van der Waals surface area (Å²) >= 11 is 3.96. The highest BCUT2D eigenvalue weighted by Gasteiger charge is 2.29. The summed E-state index contributed by atoms with van der Waals surface area (Å²) in [5, 5.41) is 16.2. The lowest BCUT2D eigenvalue weighted by molar-refractivity contribution is -0.134. The zero-order valence-corrected chi connectivity index (χ0v) is 17.3. The molecule has 1 aromatic rings. The van der Waals surface area contributed by atoms with Gasteiger partial charge in [-0.05, 0) is 0 Å². The van der Waals surface area contributed by atoms with Gasteiger partial charge < -0.3 is 43.2 Å². The first-order valence-electron chi connectivity index (χ1n) is 9.02. The minimum atomic E-state index is -1.41. The van der Waals surface area contributed by atoms with E-state index in [1.807, 2.05) is 0 Å². The Bertz CT molecular complexity index is 789. The first kappa shape index (κ1) is 25.9. The number of H-pyrrole nitrogens is 1. The fourth-order valence-electron chi connectivity index (χ4n) is 2.36. The molecule has 1 aromatic heterocycles. The van der Waals surface area contributed by atoms with Crippen LogP contribution in [0, 0.1) is 0 Å². The summed E-state index contributed by atoms with van der Waals surface area (Å²) in [5.74, 6) is -4.56. The number of aromatic amines is 1. The lowest BCUT2D eigenvalue weighted by atomic mass is 10.1. The Labute approximate surface area is 182 Å². The molecule has 0 saturated carbocycles. The van der Waals surface area contributed by atoms with Crippen LogP contribution in [0.2, 0.25) is 0 Å². The third-order valence-electron chi connectivity index (χ3n) is 4.02. The van der Waals surface area contributed by atoms with Crippen LogP contribution in [0.1, 0.15) is 12.1 Å². The van der Waals surface area contributed by atoms with Crippen LogP contribution >= 0.6 is 12.6 Å². The molecule has 0 spiro atoms. The van der Waals surface area contributed by atoms with Gasteiger partial charge in [-0.15, -0.1) is 0 Å². The van der Waals surface area contributed by atoms with E-state index in [1.54, 1.807) is 6.20 Å². The summed E-state index contributed by atoms with van der Waals surface area (Å²) in [6.07, 6.45) is 2.53. The second-order valence-electron chi connectivity index (χ2n) is 6.49. The quantitative estimate of drug-likeness (QED) is 0.129. The number of aliphatic hydroxyl groups is 1. The minimum absolute atomic E-state index is 0.0884. The van der Waals surface area contributed by atoms with Crippen LogP contribution in [0.4, 0.5) is 0 Å². The molecular weight excluding hydrogens is 432 g/mol.